The molecule has 0 spiro atoms. The van der Waals surface area contributed by atoms with Crippen LogP contribution in [0.1, 0.15) is 37.8 Å². The third-order valence-electron chi connectivity index (χ3n) is 6.50. The van der Waals surface area contributed by atoms with Crippen LogP contribution in [0, 0.1) is 5.82 Å². The lowest BCUT2D eigenvalue weighted by Gasteiger charge is -2.21. The first kappa shape index (κ1) is 25.7. The van der Waals surface area contributed by atoms with E-state index < -0.39 is 30.6 Å². The highest BCUT2D eigenvalue weighted by Crippen LogP contribution is 2.36. The van der Waals surface area contributed by atoms with Crippen molar-refractivity contribution in [1.82, 2.24) is 14.7 Å². The van der Waals surface area contributed by atoms with Crippen molar-refractivity contribution in [2.75, 3.05) is 11.9 Å². The van der Waals surface area contributed by atoms with Gasteiger partial charge in [0.25, 0.3) is 5.91 Å². The molecule has 0 radical (unpaired) electrons. The van der Waals surface area contributed by atoms with Gasteiger partial charge < -0.3 is 15.4 Å². The highest BCUT2D eigenvalue weighted by molar-refractivity contribution is 5.97. The number of halogens is 5. The van der Waals surface area contributed by atoms with Gasteiger partial charge in [-0.2, -0.15) is 13.2 Å². The van der Waals surface area contributed by atoms with Gasteiger partial charge in [-0.15, -0.1) is 0 Å². The smallest absolute Gasteiger partial charge is 0.390 e. The van der Waals surface area contributed by atoms with Crippen LogP contribution < -0.4 is 15.4 Å². The Morgan fingerprint density at radius 2 is 2.03 bits per heavy atom. The van der Waals surface area contributed by atoms with Crippen LogP contribution >= 0.6 is 0 Å². The van der Waals surface area contributed by atoms with Crippen LogP contribution in [-0.2, 0) is 4.79 Å². The maximum Gasteiger partial charge on any atom is 0.390 e. The third kappa shape index (κ3) is 5.81. The van der Waals surface area contributed by atoms with Crippen molar-refractivity contribution in [3.63, 3.8) is 0 Å². The molecule has 0 aliphatic heterocycles. The van der Waals surface area contributed by atoms with Crippen molar-refractivity contribution in [3.05, 3.63) is 77.5 Å². The summed E-state index contributed by atoms with van der Waals surface area (Å²) in [5.74, 6) is -0.500. The molecule has 11 heteroatoms. The molecule has 2 aliphatic rings. The van der Waals surface area contributed by atoms with E-state index in [0.29, 0.717) is 29.7 Å². The highest BCUT2D eigenvalue weighted by Gasteiger charge is 2.39. The van der Waals surface area contributed by atoms with Crippen molar-refractivity contribution in [3.8, 4) is 11.5 Å². The van der Waals surface area contributed by atoms with E-state index in [9.17, 15) is 26.7 Å². The molecule has 3 aromatic rings. The molecule has 2 aliphatic carbocycles. The minimum absolute atomic E-state index is 0.191. The Morgan fingerprint density at radius 1 is 1.24 bits per heavy atom. The molecular formula is C27H25F5N4O2. The molecule has 38 heavy (non-hydrogen) atoms. The lowest BCUT2D eigenvalue weighted by molar-refractivity contribution is -0.131. The van der Waals surface area contributed by atoms with E-state index >= 15 is 0 Å². The molecule has 0 bridgehead atoms. The SMILES string of the molecule is CC1=C(C(=O)NC2C[C@H]2F)C=CC(c2cnc3c(NCCC(F)(F)F)cc(Oc4cccc(F)c4)cn23)C1. The van der Waals surface area contributed by atoms with Crippen LogP contribution in [0.4, 0.5) is 27.6 Å². The van der Waals surface area contributed by atoms with E-state index in [0.717, 1.165) is 11.3 Å². The number of carbonyl (C=O) groups excluding carboxylic acids is 1. The molecule has 1 aromatic carbocycles. The number of fused-ring (bicyclic) bond motifs is 1. The number of anilines is 1. The maximum atomic E-state index is 13.7. The molecular weight excluding hydrogens is 507 g/mol. The Morgan fingerprint density at radius 3 is 2.71 bits per heavy atom. The Balaban J connectivity index is 1.43. The highest BCUT2D eigenvalue weighted by atomic mass is 19.4. The van der Waals surface area contributed by atoms with Crippen LogP contribution in [0.15, 0.2) is 66.0 Å². The second-order valence-electron chi connectivity index (χ2n) is 9.51. The fourth-order valence-electron chi connectivity index (χ4n) is 4.44. The average Bonchev–Trinajstić information content (AvgIpc) is 3.35. The summed E-state index contributed by atoms with van der Waals surface area (Å²) in [6.45, 7) is 1.46. The monoisotopic (exact) mass is 532 g/mol. The molecule has 2 unspecified atom stereocenters. The summed E-state index contributed by atoms with van der Waals surface area (Å²) in [5, 5.41) is 5.47. The molecule has 1 amide bonds. The molecule has 3 atom stereocenters. The van der Waals surface area contributed by atoms with E-state index in [-0.39, 0.29) is 29.9 Å². The summed E-state index contributed by atoms with van der Waals surface area (Å²) in [6.07, 6.45) is 1.26. The van der Waals surface area contributed by atoms with Gasteiger partial charge in [-0.3, -0.25) is 9.20 Å². The maximum absolute atomic E-state index is 13.7. The van der Waals surface area contributed by atoms with Crippen molar-refractivity contribution in [1.29, 1.82) is 0 Å². The molecule has 2 aromatic heterocycles. The van der Waals surface area contributed by atoms with Gasteiger partial charge in [-0.25, -0.2) is 13.8 Å². The predicted molar refractivity (Wildman–Crippen MR) is 131 cm³/mol. The number of allylic oxidation sites excluding steroid dienone is 2. The minimum Gasteiger partial charge on any atom is -0.456 e. The van der Waals surface area contributed by atoms with Crippen molar-refractivity contribution >= 4 is 17.2 Å². The number of hydrogen-bond acceptors (Lipinski definition) is 4. The first-order chi connectivity index (χ1) is 18.1. The van der Waals surface area contributed by atoms with Crippen LogP contribution in [-0.4, -0.2) is 40.2 Å². The van der Waals surface area contributed by atoms with Gasteiger partial charge in [0.15, 0.2) is 5.65 Å². The number of aromatic nitrogens is 2. The fraction of sp³-hybridized carbons (Fsp3) is 0.333. The number of rotatable bonds is 8. The third-order valence-corrected chi connectivity index (χ3v) is 6.50. The van der Waals surface area contributed by atoms with Gasteiger partial charge in [-0.05, 0) is 25.5 Å². The number of nitrogens with zero attached hydrogens (tertiary/aromatic N) is 2. The number of amides is 1. The lowest BCUT2D eigenvalue weighted by atomic mass is 9.88. The minimum atomic E-state index is -4.33. The molecule has 2 heterocycles. The summed E-state index contributed by atoms with van der Waals surface area (Å²) in [7, 11) is 0. The van der Waals surface area contributed by atoms with Crippen molar-refractivity contribution in [2.24, 2.45) is 0 Å². The number of hydrogen-bond donors (Lipinski definition) is 2. The number of imidazole rings is 1. The second kappa shape index (κ2) is 10.1. The fourth-order valence-corrected chi connectivity index (χ4v) is 4.44. The summed E-state index contributed by atoms with van der Waals surface area (Å²) < 4.78 is 72.7. The number of alkyl halides is 4. The topological polar surface area (TPSA) is 67.7 Å². The van der Waals surface area contributed by atoms with Crippen LogP contribution in [0.3, 0.4) is 0 Å². The lowest BCUT2D eigenvalue weighted by Crippen LogP contribution is -2.29. The van der Waals surface area contributed by atoms with E-state index in [1.165, 1.54) is 24.3 Å². The zero-order chi connectivity index (χ0) is 27.0. The summed E-state index contributed by atoms with van der Waals surface area (Å²) in [4.78, 5) is 17.0. The zero-order valence-electron chi connectivity index (χ0n) is 20.4. The predicted octanol–water partition coefficient (Wildman–Crippen LogP) is 6.22. The summed E-state index contributed by atoms with van der Waals surface area (Å²) >= 11 is 0. The van der Waals surface area contributed by atoms with E-state index in [1.54, 1.807) is 28.9 Å². The Kier molecular flexibility index (Phi) is 6.85. The van der Waals surface area contributed by atoms with Gasteiger partial charge in [0.05, 0.1) is 24.3 Å². The van der Waals surface area contributed by atoms with E-state index in [2.05, 4.69) is 15.6 Å². The quantitative estimate of drug-likeness (QED) is 0.338. The number of nitrogens with one attached hydrogen (secondary N) is 2. The molecule has 5 rings (SSSR count). The molecule has 1 fully saturated rings. The first-order valence-corrected chi connectivity index (χ1v) is 12.2. The number of ether oxygens (including phenoxy) is 1. The van der Waals surface area contributed by atoms with Crippen molar-refractivity contribution in [2.45, 2.75) is 50.5 Å². The summed E-state index contributed by atoms with van der Waals surface area (Å²) in [6, 6.07) is 6.61. The van der Waals surface area contributed by atoms with Crippen molar-refractivity contribution < 1.29 is 31.5 Å². The average molecular weight is 533 g/mol. The largest absolute Gasteiger partial charge is 0.456 e. The van der Waals surface area contributed by atoms with Crippen LogP contribution in [0.25, 0.3) is 5.65 Å². The normalized spacial score (nSPS) is 21.1. The van der Waals surface area contributed by atoms with Gasteiger partial charge in [0.2, 0.25) is 0 Å². The standard InChI is InChI=1S/C27H25F5N4O2/c1-15-9-16(5-6-20(15)26(37)35-22-12-21(22)29)24-13-34-25-23(33-8-7-27(30,31)32)11-19(14-36(24)25)38-18-4-2-3-17(28)10-18/h2-6,10-11,13-14,16,21-22,33H,7-9,12H2,1H3,(H,35,37)/t16?,21-,22?/m1/s1. The van der Waals surface area contributed by atoms with Gasteiger partial charge in [0.1, 0.15) is 23.5 Å². The zero-order valence-corrected chi connectivity index (χ0v) is 20.4. The molecule has 1 saturated carbocycles. The Hall–Kier alpha value is -3.89. The van der Waals surface area contributed by atoms with Crippen LogP contribution in [0.5, 0.6) is 11.5 Å². The van der Waals surface area contributed by atoms with Gasteiger partial charge in [-0.1, -0.05) is 23.8 Å². The Bertz CT molecular complexity index is 1430. The van der Waals surface area contributed by atoms with Gasteiger partial charge >= 0.3 is 6.18 Å². The molecule has 0 saturated heterocycles. The number of carbonyl (C=O) groups is 1. The van der Waals surface area contributed by atoms with E-state index in [1.807, 2.05) is 13.0 Å². The molecule has 6 nitrogen and oxygen atoms in total. The number of pyridine rings is 1. The molecule has 200 valence electrons. The van der Waals surface area contributed by atoms with Gasteiger partial charge in [0, 0.05) is 48.5 Å². The van der Waals surface area contributed by atoms with E-state index in [4.69, 9.17) is 4.74 Å². The van der Waals surface area contributed by atoms with Crippen LogP contribution in [0.2, 0.25) is 0 Å². The first-order valence-electron chi connectivity index (χ1n) is 12.2. The Labute approximate surface area is 215 Å². The molecule has 2 N–H and O–H groups in total. The second-order valence-corrected chi connectivity index (χ2v) is 9.51. The summed E-state index contributed by atoms with van der Waals surface area (Å²) in [5.41, 5.74) is 2.75. The number of benzene rings is 1.